The smallest absolute Gasteiger partial charge is 0.127 e. The van der Waals surface area contributed by atoms with Crippen LogP contribution in [-0.2, 0) is 10.8 Å². The molecule has 15 aromatic rings. The number of nitrogens with zero attached hydrogens (tertiary/aromatic N) is 2. The van der Waals surface area contributed by atoms with Gasteiger partial charge < -0.3 is 19.3 Å². The van der Waals surface area contributed by atoms with Crippen molar-refractivity contribution in [2.75, 3.05) is 9.80 Å². The molecule has 0 saturated heterocycles. The molecule has 0 fully saturated rings. The van der Waals surface area contributed by atoms with Gasteiger partial charge in [0.05, 0.1) is 10.8 Å². The molecule has 2 aliphatic carbocycles. The molecule has 486 valence electrons. The first-order valence-corrected chi connectivity index (χ1v) is 34.9. The Hall–Kier alpha value is -13.0. The van der Waals surface area contributed by atoms with E-state index in [4.69, 9.17) is 9.47 Å². The summed E-state index contributed by atoms with van der Waals surface area (Å²) in [6.45, 7) is 12.2. The van der Waals surface area contributed by atoms with Gasteiger partial charge >= 0.3 is 0 Å². The maximum Gasteiger partial charge on any atom is 0.127 e. The largest absolute Gasteiger partial charge is 0.457 e. The van der Waals surface area contributed by atoms with E-state index in [9.17, 15) is 0 Å². The first-order chi connectivity index (χ1) is 50.2. The topological polar surface area (TPSA) is 24.9 Å². The third-order valence-electron chi connectivity index (χ3n) is 20.7. The van der Waals surface area contributed by atoms with E-state index in [1.165, 1.54) is 66.8 Å². The molecule has 0 aliphatic heterocycles. The Kier molecular flexibility index (Phi) is 16.1. The van der Waals surface area contributed by atoms with Gasteiger partial charge in [-0.1, -0.05) is 279 Å². The van der Waals surface area contributed by atoms with Gasteiger partial charge in [0.1, 0.15) is 23.0 Å². The maximum absolute atomic E-state index is 6.44. The van der Waals surface area contributed by atoms with Gasteiger partial charge in [0.2, 0.25) is 0 Å². The number of para-hydroxylation sites is 2. The van der Waals surface area contributed by atoms with E-state index in [-0.39, 0.29) is 0 Å². The van der Waals surface area contributed by atoms with Gasteiger partial charge in [0.15, 0.2) is 0 Å². The Morgan fingerprint density at radius 3 is 0.843 bits per heavy atom. The van der Waals surface area contributed by atoms with E-state index in [0.29, 0.717) is 0 Å². The van der Waals surface area contributed by atoms with Crippen LogP contribution in [0.3, 0.4) is 0 Å². The molecule has 0 heterocycles. The first kappa shape index (κ1) is 62.5. The van der Waals surface area contributed by atoms with Crippen LogP contribution < -0.4 is 19.3 Å². The van der Waals surface area contributed by atoms with Gasteiger partial charge in [0, 0.05) is 34.1 Å². The molecule has 102 heavy (non-hydrogen) atoms. The van der Waals surface area contributed by atoms with Crippen molar-refractivity contribution in [3.05, 3.63) is 444 Å². The fourth-order valence-corrected chi connectivity index (χ4v) is 15.7. The van der Waals surface area contributed by atoms with Gasteiger partial charge in [-0.25, -0.2) is 0 Å². The summed E-state index contributed by atoms with van der Waals surface area (Å²) in [4.78, 5) is 4.77. The van der Waals surface area contributed by atoms with E-state index in [1.54, 1.807) is 0 Å². The second-order valence-electron chi connectivity index (χ2n) is 26.6. The number of hydrogen-bond donors (Lipinski definition) is 0. The molecule has 4 heteroatoms. The zero-order valence-electron chi connectivity index (χ0n) is 56.9. The highest BCUT2D eigenvalue weighted by molar-refractivity contribution is 5.92. The minimum absolute atomic E-state index is 0.635. The molecule has 0 bridgehead atoms. The van der Waals surface area contributed by atoms with Crippen molar-refractivity contribution in [3.8, 4) is 67.5 Å². The number of benzene rings is 15. The summed E-state index contributed by atoms with van der Waals surface area (Å²) in [5.41, 5.74) is 28.8. The quantitative estimate of drug-likeness (QED) is 0.0855. The minimum atomic E-state index is -0.635. The third kappa shape index (κ3) is 11.1. The van der Waals surface area contributed by atoms with E-state index >= 15 is 0 Å². The lowest BCUT2D eigenvalue weighted by atomic mass is 9.67. The van der Waals surface area contributed by atoms with Crippen LogP contribution in [0, 0.1) is 13.8 Å². The molecular weight excluding hydrogens is 1240 g/mol. The van der Waals surface area contributed by atoms with Gasteiger partial charge in [0.25, 0.3) is 0 Å². The molecule has 4 nitrogen and oxygen atoms in total. The first-order valence-electron chi connectivity index (χ1n) is 34.9. The number of rotatable bonds is 18. The van der Waals surface area contributed by atoms with E-state index < -0.39 is 10.8 Å². The van der Waals surface area contributed by atoms with Gasteiger partial charge in [-0.3, -0.25) is 0 Å². The Morgan fingerprint density at radius 2 is 0.510 bits per heavy atom. The Bertz CT molecular complexity index is 5210. The fraction of sp³-hybridized carbons (Fsp3) is 0.0408. The van der Waals surface area contributed by atoms with Gasteiger partial charge in [-0.2, -0.15) is 0 Å². The normalized spacial score (nSPS) is 14.5. The molecular formula is C98H72N2O2. The van der Waals surface area contributed by atoms with Crippen LogP contribution in [0.4, 0.5) is 34.1 Å². The standard InChI is InChI=1S/C98H72N2O2/c1-5-69-29-55-85(56-30-69)101-87-59-45-77(46-60-87)97(75-41-25-67(3)26-42-75)93-23-15-13-21-89(93)91-63-53-83(65-95(91)97)99(79-17-9-7-10-18-79)81-49-37-73(38-50-81)71-33-35-72(36-34-71)74-39-51-82(52-40-74)100(80-19-11-8-12-20-80)84-54-64-92-90-22-14-16-24-94(90)98(96(92)66-84,76-43-27-68(4)28-44-76)78-47-61-88(62-48-78)102-86-57-31-70(6-2)32-58-86/h5-66H,1-2H2,3-4H3. The Labute approximate surface area is 598 Å². The fourth-order valence-electron chi connectivity index (χ4n) is 15.7. The number of hydrogen-bond acceptors (Lipinski definition) is 4. The molecule has 2 aliphatic rings. The van der Waals surface area contributed by atoms with Crippen molar-refractivity contribution in [2.45, 2.75) is 24.7 Å². The summed E-state index contributed by atoms with van der Waals surface area (Å²) in [5.74, 6) is 3.10. The van der Waals surface area contributed by atoms with E-state index in [1.807, 2.05) is 60.7 Å². The summed E-state index contributed by atoms with van der Waals surface area (Å²) < 4.78 is 12.9. The second kappa shape index (κ2) is 26.3. The van der Waals surface area contributed by atoms with Crippen LogP contribution in [-0.4, -0.2) is 0 Å². The summed E-state index contributed by atoms with van der Waals surface area (Å²) in [7, 11) is 0. The van der Waals surface area contributed by atoms with Crippen molar-refractivity contribution in [1.29, 1.82) is 0 Å². The van der Waals surface area contributed by atoms with Crippen molar-refractivity contribution in [2.24, 2.45) is 0 Å². The van der Waals surface area contributed by atoms with Crippen molar-refractivity contribution < 1.29 is 9.47 Å². The lowest BCUT2D eigenvalue weighted by Gasteiger charge is -2.35. The highest BCUT2D eigenvalue weighted by atomic mass is 16.5. The molecule has 2 unspecified atom stereocenters. The third-order valence-corrected chi connectivity index (χ3v) is 20.7. The van der Waals surface area contributed by atoms with E-state index in [2.05, 4.69) is 352 Å². The van der Waals surface area contributed by atoms with Crippen LogP contribution >= 0.6 is 0 Å². The number of fused-ring (bicyclic) bond motifs is 6. The molecule has 0 amide bonds. The van der Waals surface area contributed by atoms with Crippen LogP contribution in [0.25, 0.3) is 56.7 Å². The Morgan fingerprint density at radius 1 is 0.245 bits per heavy atom. The maximum atomic E-state index is 6.44. The molecule has 17 rings (SSSR count). The molecule has 2 atom stereocenters. The molecule has 15 aromatic carbocycles. The predicted octanol–water partition coefficient (Wildman–Crippen LogP) is 26.2. The minimum Gasteiger partial charge on any atom is -0.457 e. The number of aryl methyl sites for hydroxylation is 2. The summed E-state index contributed by atoms with van der Waals surface area (Å²) in [6, 6.07) is 132. The highest BCUT2D eigenvalue weighted by Crippen LogP contribution is 2.60. The molecule has 0 saturated carbocycles. The molecule has 0 spiro atoms. The average Bonchev–Trinajstić information content (AvgIpc) is 1.54. The van der Waals surface area contributed by atoms with Gasteiger partial charge in [-0.15, -0.1) is 0 Å². The Balaban J connectivity index is 0.680. The number of anilines is 6. The predicted molar refractivity (Wildman–Crippen MR) is 424 cm³/mol. The molecule has 0 aromatic heterocycles. The summed E-state index contributed by atoms with van der Waals surface area (Å²) in [5, 5.41) is 0. The van der Waals surface area contributed by atoms with Gasteiger partial charge in [-0.05, 0) is 235 Å². The molecule has 0 radical (unpaired) electrons. The second-order valence-corrected chi connectivity index (χ2v) is 26.6. The average molecular weight is 1310 g/mol. The van der Waals surface area contributed by atoms with Crippen LogP contribution in [0.1, 0.15) is 66.8 Å². The molecule has 0 N–H and O–H groups in total. The zero-order chi connectivity index (χ0) is 68.7. The summed E-state index contributed by atoms with van der Waals surface area (Å²) in [6.07, 6.45) is 3.69. The van der Waals surface area contributed by atoms with Crippen molar-refractivity contribution >= 4 is 46.3 Å². The summed E-state index contributed by atoms with van der Waals surface area (Å²) >= 11 is 0. The lowest BCUT2D eigenvalue weighted by Crippen LogP contribution is -2.28. The zero-order valence-corrected chi connectivity index (χ0v) is 56.9. The number of ether oxygens (including phenoxy) is 2. The lowest BCUT2D eigenvalue weighted by molar-refractivity contribution is 0.482. The van der Waals surface area contributed by atoms with Crippen molar-refractivity contribution in [1.82, 2.24) is 0 Å². The van der Waals surface area contributed by atoms with Crippen LogP contribution in [0.5, 0.6) is 23.0 Å². The van der Waals surface area contributed by atoms with E-state index in [0.717, 1.165) is 102 Å². The SMILES string of the molecule is C=Cc1ccc(Oc2ccc(C3(c4ccc(C)cc4)c4ccccc4-c4ccc(N(c5ccccc5)c5ccc(-c6ccc(-c7ccc(N(c8ccccc8)c8ccc9c(c8)C(c8ccc(C)cc8)(c8ccc(Oc%10ccc(C=C)cc%10)cc8)c8ccccc8-9)cc7)cc6)cc5)cc43)cc2)cc1. The van der Waals surface area contributed by atoms with Crippen LogP contribution in [0.15, 0.2) is 377 Å². The highest BCUT2D eigenvalue weighted by Gasteiger charge is 2.48. The van der Waals surface area contributed by atoms with Crippen LogP contribution in [0.2, 0.25) is 0 Å². The monoisotopic (exact) mass is 1310 g/mol. The van der Waals surface area contributed by atoms with Crippen molar-refractivity contribution in [3.63, 3.8) is 0 Å².